The number of hydrogen-bond donors (Lipinski definition) is 2. The maximum Gasteiger partial charge on any atom is 0.309 e. The zero-order valence-corrected chi connectivity index (χ0v) is 12.2. The Morgan fingerprint density at radius 1 is 1.32 bits per heavy atom. The Kier molecular flexibility index (Phi) is 3.86. The van der Waals surface area contributed by atoms with Crippen molar-refractivity contribution in [3.8, 4) is 0 Å². The van der Waals surface area contributed by atoms with E-state index in [9.17, 15) is 4.79 Å². The molecule has 1 fully saturated rings. The number of carbonyl (C=O) groups is 1. The van der Waals surface area contributed by atoms with Crippen LogP contribution in [0.5, 0.6) is 0 Å². The molecule has 1 aromatic heterocycles. The van der Waals surface area contributed by atoms with E-state index < -0.39 is 0 Å². The Labute approximate surface area is 127 Å². The van der Waals surface area contributed by atoms with E-state index in [1.54, 1.807) is 0 Å². The SMILES string of the molecule is Cc1ccccc1Nc1nc(N)nc(COC(=O)C2CC2)n1. The molecule has 7 nitrogen and oxygen atoms in total. The standard InChI is InChI=1S/C15H17N5O2/c1-9-4-2-3-5-11(9)17-15-19-12(18-14(16)20-15)8-22-13(21)10-6-7-10/h2-5,10H,6-8H2,1H3,(H3,16,17,18,19,20). The van der Waals surface area contributed by atoms with Crippen LogP contribution < -0.4 is 11.1 Å². The maximum absolute atomic E-state index is 11.5. The van der Waals surface area contributed by atoms with Crippen molar-refractivity contribution in [2.75, 3.05) is 11.1 Å². The summed E-state index contributed by atoms with van der Waals surface area (Å²) in [5.74, 6) is 0.594. The molecular weight excluding hydrogens is 282 g/mol. The number of hydrogen-bond acceptors (Lipinski definition) is 7. The fourth-order valence-electron chi connectivity index (χ4n) is 1.96. The van der Waals surface area contributed by atoms with E-state index in [1.807, 2.05) is 31.2 Å². The number of esters is 1. The van der Waals surface area contributed by atoms with Crippen molar-refractivity contribution in [2.45, 2.75) is 26.4 Å². The summed E-state index contributed by atoms with van der Waals surface area (Å²) in [5, 5.41) is 3.09. The van der Waals surface area contributed by atoms with Crippen molar-refractivity contribution in [2.24, 2.45) is 5.92 Å². The predicted octanol–water partition coefficient (Wildman–Crippen LogP) is 1.96. The third-order valence-electron chi connectivity index (χ3n) is 3.34. The molecule has 0 saturated heterocycles. The lowest BCUT2D eigenvalue weighted by Crippen LogP contribution is -2.12. The topological polar surface area (TPSA) is 103 Å². The molecule has 114 valence electrons. The molecule has 2 aromatic rings. The number of para-hydroxylation sites is 1. The number of ether oxygens (including phenoxy) is 1. The van der Waals surface area contributed by atoms with Gasteiger partial charge in [-0.05, 0) is 31.4 Å². The first kappa shape index (κ1) is 14.2. The average molecular weight is 299 g/mol. The third kappa shape index (κ3) is 3.49. The first-order chi connectivity index (χ1) is 10.6. The highest BCUT2D eigenvalue weighted by Gasteiger charge is 2.31. The minimum atomic E-state index is -0.201. The first-order valence-electron chi connectivity index (χ1n) is 7.11. The number of nitrogens with one attached hydrogen (secondary N) is 1. The summed E-state index contributed by atoms with van der Waals surface area (Å²) in [5.41, 5.74) is 7.63. The third-order valence-corrected chi connectivity index (χ3v) is 3.34. The second kappa shape index (κ2) is 5.97. The van der Waals surface area contributed by atoms with Crippen molar-refractivity contribution in [1.29, 1.82) is 0 Å². The molecule has 1 aliphatic carbocycles. The van der Waals surface area contributed by atoms with Crippen molar-refractivity contribution in [3.05, 3.63) is 35.7 Å². The fraction of sp³-hybridized carbons (Fsp3) is 0.333. The Bertz CT molecular complexity index is 700. The normalized spacial score (nSPS) is 13.7. The average Bonchev–Trinajstić information content (AvgIpc) is 3.31. The number of rotatable bonds is 5. The van der Waals surface area contributed by atoms with Crippen LogP contribution in [-0.4, -0.2) is 20.9 Å². The van der Waals surface area contributed by atoms with Gasteiger partial charge in [-0.1, -0.05) is 18.2 Å². The minimum Gasteiger partial charge on any atom is -0.457 e. The molecular formula is C15H17N5O2. The molecule has 0 aliphatic heterocycles. The van der Waals surface area contributed by atoms with Gasteiger partial charge in [-0.15, -0.1) is 0 Å². The van der Waals surface area contributed by atoms with Crippen molar-refractivity contribution >= 4 is 23.6 Å². The van der Waals surface area contributed by atoms with Gasteiger partial charge in [0.05, 0.1) is 5.92 Å². The molecule has 0 unspecified atom stereocenters. The molecule has 0 spiro atoms. The molecule has 0 radical (unpaired) electrons. The number of anilines is 3. The van der Waals surface area contributed by atoms with Crippen LogP contribution in [0.25, 0.3) is 0 Å². The highest BCUT2D eigenvalue weighted by molar-refractivity contribution is 5.74. The van der Waals surface area contributed by atoms with Crippen LogP contribution in [0, 0.1) is 12.8 Å². The van der Waals surface area contributed by atoms with Crippen LogP contribution in [-0.2, 0) is 16.1 Å². The lowest BCUT2D eigenvalue weighted by Gasteiger charge is -2.09. The number of nitrogens with two attached hydrogens (primary N) is 1. The zero-order valence-electron chi connectivity index (χ0n) is 12.2. The summed E-state index contributed by atoms with van der Waals surface area (Å²) in [6, 6.07) is 7.76. The van der Waals surface area contributed by atoms with E-state index in [2.05, 4.69) is 20.3 Å². The van der Waals surface area contributed by atoms with Gasteiger partial charge in [-0.3, -0.25) is 4.79 Å². The number of carbonyl (C=O) groups excluding carboxylic acids is 1. The van der Waals surface area contributed by atoms with Crippen LogP contribution in [0.3, 0.4) is 0 Å². The maximum atomic E-state index is 11.5. The van der Waals surface area contributed by atoms with Crippen LogP contribution in [0.1, 0.15) is 24.2 Å². The van der Waals surface area contributed by atoms with Crippen molar-refractivity contribution < 1.29 is 9.53 Å². The van der Waals surface area contributed by atoms with Gasteiger partial charge in [0.1, 0.15) is 0 Å². The summed E-state index contributed by atoms with van der Waals surface area (Å²) in [4.78, 5) is 23.8. The quantitative estimate of drug-likeness (QED) is 0.813. The summed E-state index contributed by atoms with van der Waals surface area (Å²) in [6.45, 7) is 1.98. The Balaban J connectivity index is 1.71. The van der Waals surface area contributed by atoms with Gasteiger partial charge in [0.15, 0.2) is 12.4 Å². The summed E-state index contributed by atoms with van der Waals surface area (Å²) in [6.07, 6.45) is 1.80. The number of aryl methyl sites for hydroxylation is 1. The molecule has 0 amide bonds. The Morgan fingerprint density at radius 2 is 2.09 bits per heavy atom. The molecule has 3 rings (SSSR count). The predicted molar refractivity (Wildman–Crippen MR) is 81.2 cm³/mol. The van der Waals surface area contributed by atoms with Gasteiger partial charge in [0.25, 0.3) is 0 Å². The van der Waals surface area contributed by atoms with E-state index in [4.69, 9.17) is 10.5 Å². The summed E-state index contributed by atoms with van der Waals surface area (Å²) >= 11 is 0. The lowest BCUT2D eigenvalue weighted by atomic mass is 10.2. The fourth-order valence-corrected chi connectivity index (χ4v) is 1.96. The largest absolute Gasteiger partial charge is 0.457 e. The second-order valence-electron chi connectivity index (χ2n) is 5.26. The first-order valence-corrected chi connectivity index (χ1v) is 7.11. The molecule has 1 heterocycles. The Hall–Kier alpha value is -2.70. The minimum absolute atomic E-state index is 0.00447. The van der Waals surface area contributed by atoms with Crippen LogP contribution in [0.15, 0.2) is 24.3 Å². The van der Waals surface area contributed by atoms with Crippen LogP contribution in [0.2, 0.25) is 0 Å². The zero-order chi connectivity index (χ0) is 15.5. The van der Waals surface area contributed by atoms with E-state index in [0.717, 1.165) is 24.1 Å². The molecule has 0 atom stereocenters. The van der Waals surface area contributed by atoms with Crippen LogP contribution >= 0.6 is 0 Å². The summed E-state index contributed by atoms with van der Waals surface area (Å²) < 4.78 is 5.16. The van der Waals surface area contributed by atoms with Crippen molar-refractivity contribution in [3.63, 3.8) is 0 Å². The van der Waals surface area contributed by atoms with Gasteiger partial charge in [0, 0.05) is 5.69 Å². The highest BCUT2D eigenvalue weighted by atomic mass is 16.5. The molecule has 1 saturated carbocycles. The number of benzene rings is 1. The number of nitrogen functional groups attached to an aromatic ring is 1. The lowest BCUT2D eigenvalue weighted by molar-refractivity contribution is -0.146. The van der Waals surface area contributed by atoms with Crippen LogP contribution in [0.4, 0.5) is 17.6 Å². The number of nitrogens with zero attached hydrogens (tertiary/aromatic N) is 3. The Morgan fingerprint density at radius 3 is 2.82 bits per heavy atom. The van der Waals surface area contributed by atoms with Gasteiger partial charge in [-0.2, -0.15) is 15.0 Å². The van der Waals surface area contributed by atoms with Gasteiger partial charge in [-0.25, -0.2) is 0 Å². The molecule has 1 aromatic carbocycles. The van der Waals surface area contributed by atoms with E-state index in [-0.39, 0.29) is 24.4 Å². The summed E-state index contributed by atoms with van der Waals surface area (Å²) in [7, 11) is 0. The molecule has 7 heteroatoms. The van der Waals surface area contributed by atoms with E-state index in [1.165, 1.54) is 0 Å². The van der Waals surface area contributed by atoms with Gasteiger partial charge < -0.3 is 15.8 Å². The van der Waals surface area contributed by atoms with Gasteiger partial charge >= 0.3 is 5.97 Å². The molecule has 22 heavy (non-hydrogen) atoms. The smallest absolute Gasteiger partial charge is 0.309 e. The molecule has 0 bridgehead atoms. The van der Waals surface area contributed by atoms with E-state index in [0.29, 0.717) is 11.8 Å². The van der Waals surface area contributed by atoms with Gasteiger partial charge in [0.2, 0.25) is 11.9 Å². The highest BCUT2D eigenvalue weighted by Crippen LogP contribution is 2.30. The number of aromatic nitrogens is 3. The van der Waals surface area contributed by atoms with E-state index >= 15 is 0 Å². The molecule has 3 N–H and O–H groups in total. The molecule has 1 aliphatic rings. The monoisotopic (exact) mass is 299 g/mol. The second-order valence-corrected chi connectivity index (χ2v) is 5.26. The van der Waals surface area contributed by atoms with Crippen molar-refractivity contribution in [1.82, 2.24) is 15.0 Å².